The smallest absolute Gasteiger partial charge is 0.335 e. The van der Waals surface area contributed by atoms with E-state index in [2.05, 4.69) is 34.4 Å². The molecular weight excluding hydrogens is 362 g/mol. The number of benzene rings is 1. The molecule has 0 bridgehead atoms. The fourth-order valence-corrected chi connectivity index (χ4v) is 2.83. The summed E-state index contributed by atoms with van der Waals surface area (Å²) in [5, 5.41) is 11.6. The molecule has 7 heteroatoms. The molecular formula is C20H27N3O3S. The maximum Gasteiger partial charge on any atom is 0.335 e. The van der Waals surface area contributed by atoms with Crippen LogP contribution in [-0.4, -0.2) is 31.8 Å². The monoisotopic (exact) mass is 389 g/mol. The highest BCUT2D eigenvalue weighted by Crippen LogP contribution is 2.14. The molecule has 146 valence electrons. The summed E-state index contributed by atoms with van der Waals surface area (Å²) in [6, 6.07) is 6.84. The third-order valence-electron chi connectivity index (χ3n) is 4.45. The van der Waals surface area contributed by atoms with E-state index in [-0.39, 0.29) is 16.7 Å². The molecule has 0 saturated heterocycles. The SMILES string of the molecule is CCCCc1ncc(CNC(=O)C(S)CC)n1Cc1ccc(C(=O)O)cc1. The number of hydrogen-bond donors (Lipinski definition) is 3. The van der Waals surface area contributed by atoms with Gasteiger partial charge in [0.05, 0.1) is 29.2 Å². The zero-order valence-corrected chi connectivity index (χ0v) is 16.7. The van der Waals surface area contributed by atoms with Gasteiger partial charge in [-0.1, -0.05) is 32.4 Å². The first-order chi connectivity index (χ1) is 13.0. The fraction of sp³-hybridized carbons (Fsp3) is 0.450. The molecule has 1 aromatic carbocycles. The van der Waals surface area contributed by atoms with Crippen LogP contribution in [0.3, 0.4) is 0 Å². The minimum atomic E-state index is -0.937. The summed E-state index contributed by atoms with van der Waals surface area (Å²) in [6.07, 6.45) is 5.45. The van der Waals surface area contributed by atoms with Crippen LogP contribution in [-0.2, 0) is 24.3 Å². The van der Waals surface area contributed by atoms with Gasteiger partial charge in [0.1, 0.15) is 5.82 Å². The van der Waals surface area contributed by atoms with Gasteiger partial charge in [-0.25, -0.2) is 9.78 Å². The largest absolute Gasteiger partial charge is 0.478 e. The molecule has 0 aliphatic rings. The average Bonchev–Trinajstić information content (AvgIpc) is 3.05. The maximum atomic E-state index is 12.0. The molecule has 1 heterocycles. The van der Waals surface area contributed by atoms with Gasteiger partial charge in [-0.05, 0) is 30.5 Å². The first-order valence-corrected chi connectivity index (χ1v) is 9.79. The number of thiol groups is 1. The molecule has 1 aromatic heterocycles. The quantitative estimate of drug-likeness (QED) is 0.545. The number of imidazole rings is 1. The Kier molecular flexibility index (Phi) is 7.91. The van der Waals surface area contributed by atoms with Crippen molar-refractivity contribution < 1.29 is 14.7 Å². The van der Waals surface area contributed by atoms with Crippen LogP contribution >= 0.6 is 12.6 Å². The molecule has 1 amide bonds. The molecule has 0 spiro atoms. The van der Waals surface area contributed by atoms with Crippen molar-refractivity contribution in [1.29, 1.82) is 0 Å². The number of aromatic nitrogens is 2. The van der Waals surface area contributed by atoms with Crippen molar-refractivity contribution in [2.75, 3.05) is 0 Å². The Morgan fingerprint density at radius 1 is 1.26 bits per heavy atom. The lowest BCUT2D eigenvalue weighted by Crippen LogP contribution is -2.31. The van der Waals surface area contributed by atoms with Crippen molar-refractivity contribution in [3.8, 4) is 0 Å². The van der Waals surface area contributed by atoms with Crippen LogP contribution in [0, 0.1) is 0 Å². The standard InChI is InChI=1S/C20H27N3O3S/c1-3-5-6-18-21-11-16(12-22-19(24)17(27)4-2)23(18)13-14-7-9-15(10-8-14)20(25)26/h7-11,17,27H,3-6,12-13H2,1-2H3,(H,22,24)(H,25,26). The summed E-state index contributed by atoms with van der Waals surface area (Å²) in [6.45, 7) is 5.03. The van der Waals surface area contributed by atoms with Gasteiger partial charge in [0.2, 0.25) is 5.91 Å². The van der Waals surface area contributed by atoms with E-state index in [1.165, 1.54) is 0 Å². The molecule has 27 heavy (non-hydrogen) atoms. The molecule has 0 fully saturated rings. The number of carbonyl (C=O) groups excluding carboxylic acids is 1. The lowest BCUT2D eigenvalue weighted by molar-refractivity contribution is -0.120. The van der Waals surface area contributed by atoms with Crippen molar-refractivity contribution in [2.45, 2.75) is 57.9 Å². The first-order valence-electron chi connectivity index (χ1n) is 9.27. The molecule has 6 nitrogen and oxygen atoms in total. The van der Waals surface area contributed by atoms with E-state index in [4.69, 9.17) is 5.11 Å². The molecule has 2 rings (SSSR count). The molecule has 2 N–H and O–H groups in total. The Morgan fingerprint density at radius 3 is 2.56 bits per heavy atom. The van der Waals surface area contributed by atoms with Crippen molar-refractivity contribution >= 4 is 24.5 Å². The Balaban J connectivity index is 2.18. The van der Waals surface area contributed by atoms with E-state index in [1.54, 1.807) is 18.3 Å². The van der Waals surface area contributed by atoms with Gasteiger partial charge in [-0.15, -0.1) is 0 Å². The first kappa shape index (κ1) is 21.0. The predicted octanol–water partition coefficient (Wildman–Crippen LogP) is 3.30. The zero-order valence-electron chi connectivity index (χ0n) is 15.8. The number of carboxylic acid groups (broad SMARTS) is 1. The molecule has 0 radical (unpaired) electrons. The molecule has 0 aliphatic carbocycles. The van der Waals surface area contributed by atoms with Crippen LogP contribution in [0.2, 0.25) is 0 Å². The number of rotatable bonds is 10. The number of hydrogen-bond acceptors (Lipinski definition) is 4. The van der Waals surface area contributed by atoms with Crippen LogP contribution in [0.5, 0.6) is 0 Å². The van der Waals surface area contributed by atoms with E-state index in [1.807, 2.05) is 19.1 Å². The van der Waals surface area contributed by atoms with Crippen LogP contribution in [0.4, 0.5) is 0 Å². The Bertz CT molecular complexity index is 771. The number of nitrogens with one attached hydrogen (secondary N) is 1. The highest BCUT2D eigenvalue weighted by Gasteiger charge is 2.14. The molecule has 1 unspecified atom stereocenters. The molecule has 0 aliphatic heterocycles. The summed E-state index contributed by atoms with van der Waals surface area (Å²) < 4.78 is 2.10. The van der Waals surface area contributed by atoms with E-state index in [9.17, 15) is 9.59 Å². The van der Waals surface area contributed by atoms with E-state index in [0.717, 1.165) is 36.3 Å². The lowest BCUT2D eigenvalue weighted by atomic mass is 10.1. The lowest BCUT2D eigenvalue weighted by Gasteiger charge is -2.14. The number of amides is 1. The summed E-state index contributed by atoms with van der Waals surface area (Å²) in [4.78, 5) is 27.6. The number of aryl methyl sites for hydroxylation is 1. The van der Waals surface area contributed by atoms with E-state index in [0.29, 0.717) is 19.5 Å². The molecule has 2 aromatic rings. The van der Waals surface area contributed by atoms with Crippen molar-refractivity contribution in [1.82, 2.24) is 14.9 Å². The zero-order chi connectivity index (χ0) is 19.8. The summed E-state index contributed by atoms with van der Waals surface area (Å²) in [5.41, 5.74) is 2.18. The Labute approximate surface area is 165 Å². The van der Waals surface area contributed by atoms with Crippen LogP contribution < -0.4 is 5.32 Å². The van der Waals surface area contributed by atoms with Gasteiger partial charge < -0.3 is 15.0 Å². The fourth-order valence-electron chi connectivity index (χ4n) is 2.74. The normalized spacial score (nSPS) is 12.0. The van der Waals surface area contributed by atoms with Gasteiger partial charge >= 0.3 is 5.97 Å². The minimum Gasteiger partial charge on any atom is -0.478 e. The molecule has 1 atom stereocenters. The van der Waals surface area contributed by atoms with Crippen LogP contribution in [0.15, 0.2) is 30.5 Å². The van der Waals surface area contributed by atoms with Crippen molar-refractivity contribution in [2.24, 2.45) is 0 Å². The van der Waals surface area contributed by atoms with Gasteiger partial charge in [-0.3, -0.25) is 4.79 Å². The van der Waals surface area contributed by atoms with E-state index < -0.39 is 5.97 Å². The second-order valence-electron chi connectivity index (χ2n) is 6.50. The number of carbonyl (C=O) groups is 2. The van der Waals surface area contributed by atoms with Crippen LogP contribution in [0.25, 0.3) is 0 Å². The Hall–Kier alpha value is -2.28. The number of carboxylic acids is 1. The maximum absolute atomic E-state index is 12.0. The second kappa shape index (κ2) is 10.2. The third-order valence-corrected chi connectivity index (χ3v) is 5.05. The highest BCUT2D eigenvalue weighted by atomic mass is 32.1. The Morgan fingerprint density at radius 2 is 1.96 bits per heavy atom. The van der Waals surface area contributed by atoms with Gasteiger partial charge in [-0.2, -0.15) is 12.6 Å². The number of nitrogens with zero attached hydrogens (tertiary/aromatic N) is 2. The highest BCUT2D eigenvalue weighted by molar-refractivity contribution is 7.81. The molecule has 0 saturated carbocycles. The van der Waals surface area contributed by atoms with Crippen LogP contribution in [0.1, 0.15) is 60.5 Å². The van der Waals surface area contributed by atoms with Crippen molar-refractivity contribution in [3.05, 3.63) is 53.1 Å². The third kappa shape index (κ3) is 5.85. The summed E-state index contributed by atoms with van der Waals surface area (Å²) >= 11 is 4.27. The predicted molar refractivity (Wildman–Crippen MR) is 108 cm³/mol. The van der Waals surface area contributed by atoms with Gasteiger partial charge in [0.25, 0.3) is 0 Å². The topological polar surface area (TPSA) is 84.2 Å². The average molecular weight is 390 g/mol. The summed E-state index contributed by atoms with van der Waals surface area (Å²) in [7, 11) is 0. The van der Waals surface area contributed by atoms with Gasteiger partial charge in [0, 0.05) is 13.0 Å². The van der Waals surface area contributed by atoms with E-state index >= 15 is 0 Å². The second-order valence-corrected chi connectivity index (χ2v) is 7.12. The number of aromatic carboxylic acids is 1. The van der Waals surface area contributed by atoms with Gasteiger partial charge in [0.15, 0.2) is 0 Å². The number of unbranched alkanes of at least 4 members (excludes halogenated alkanes) is 1. The minimum absolute atomic E-state index is 0.0884. The summed E-state index contributed by atoms with van der Waals surface area (Å²) in [5.74, 6) is -0.0516. The van der Waals surface area contributed by atoms with Crippen molar-refractivity contribution in [3.63, 3.8) is 0 Å².